The van der Waals surface area contributed by atoms with E-state index in [1.54, 1.807) is 29.1 Å². The SMILES string of the molecule is CS(=O)(=O)c1ccc(S(=O)(=O)NC(=O)c2ccc(Cn3cccn3)cc2)cc1. The molecule has 0 unspecified atom stereocenters. The van der Waals surface area contributed by atoms with Crippen LogP contribution in [0, 0.1) is 0 Å². The number of amides is 1. The molecule has 1 heterocycles. The van der Waals surface area contributed by atoms with Crippen molar-refractivity contribution in [3.63, 3.8) is 0 Å². The summed E-state index contributed by atoms with van der Waals surface area (Å²) in [6, 6.07) is 12.9. The number of rotatable bonds is 6. The zero-order chi connectivity index (χ0) is 20.4. The lowest BCUT2D eigenvalue weighted by molar-refractivity contribution is 0.0981. The molecule has 0 aliphatic heterocycles. The zero-order valence-electron chi connectivity index (χ0n) is 14.8. The van der Waals surface area contributed by atoms with Gasteiger partial charge in [0.05, 0.1) is 16.3 Å². The summed E-state index contributed by atoms with van der Waals surface area (Å²) in [6.07, 6.45) is 4.49. The molecule has 0 bridgehead atoms. The summed E-state index contributed by atoms with van der Waals surface area (Å²) in [5.41, 5.74) is 1.08. The van der Waals surface area contributed by atoms with Gasteiger partial charge in [-0.2, -0.15) is 5.10 Å². The van der Waals surface area contributed by atoms with E-state index in [1.807, 2.05) is 10.9 Å². The maximum Gasteiger partial charge on any atom is 0.264 e. The Bertz CT molecular complexity index is 1180. The standard InChI is InChI=1S/C18H17N3O5S2/c1-27(23,24)16-7-9-17(10-8-16)28(25,26)20-18(22)15-5-3-14(4-6-15)13-21-12-2-11-19-21/h2-12H,13H2,1H3,(H,20,22). The normalized spacial score (nSPS) is 11.9. The molecule has 8 nitrogen and oxygen atoms in total. The van der Waals surface area contributed by atoms with Gasteiger partial charge in [0, 0.05) is 24.2 Å². The van der Waals surface area contributed by atoms with E-state index >= 15 is 0 Å². The Kier molecular flexibility index (Phi) is 5.34. The van der Waals surface area contributed by atoms with Crippen LogP contribution in [0.1, 0.15) is 15.9 Å². The molecule has 28 heavy (non-hydrogen) atoms. The first-order valence-electron chi connectivity index (χ1n) is 8.09. The summed E-state index contributed by atoms with van der Waals surface area (Å²) in [5.74, 6) is -0.780. The topological polar surface area (TPSA) is 115 Å². The average Bonchev–Trinajstić information content (AvgIpc) is 3.14. The third-order valence-electron chi connectivity index (χ3n) is 3.91. The largest absolute Gasteiger partial charge is 0.268 e. The Morgan fingerprint density at radius 3 is 2.11 bits per heavy atom. The Hall–Kier alpha value is -2.98. The summed E-state index contributed by atoms with van der Waals surface area (Å²) >= 11 is 0. The van der Waals surface area contributed by atoms with Gasteiger partial charge in [-0.05, 0) is 48.0 Å². The Morgan fingerprint density at radius 2 is 1.57 bits per heavy atom. The number of benzene rings is 2. The predicted octanol–water partition coefficient (Wildman–Crippen LogP) is 1.45. The monoisotopic (exact) mass is 419 g/mol. The summed E-state index contributed by atoms with van der Waals surface area (Å²) in [4.78, 5) is 12.1. The number of aromatic nitrogens is 2. The van der Waals surface area contributed by atoms with Gasteiger partial charge in [0.15, 0.2) is 9.84 Å². The van der Waals surface area contributed by atoms with Gasteiger partial charge in [-0.15, -0.1) is 0 Å². The van der Waals surface area contributed by atoms with Crippen LogP contribution in [-0.2, 0) is 26.4 Å². The van der Waals surface area contributed by atoms with Gasteiger partial charge >= 0.3 is 0 Å². The molecule has 0 saturated heterocycles. The van der Waals surface area contributed by atoms with Crippen molar-refractivity contribution in [2.24, 2.45) is 0 Å². The number of nitrogens with zero attached hydrogens (tertiary/aromatic N) is 2. The van der Waals surface area contributed by atoms with Crippen molar-refractivity contribution in [3.05, 3.63) is 78.1 Å². The van der Waals surface area contributed by atoms with Gasteiger partial charge < -0.3 is 0 Å². The molecule has 0 saturated carbocycles. The predicted molar refractivity (Wildman–Crippen MR) is 102 cm³/mol. The van der Waals surface area contributed by atoms with Crippen molar-refractivity contribution in [3.8, 4) is 0 Å². The summed E-state index contributed by atoms with van der Waals surface area (Å²) in [7, 11) is -7.57. The number of hydrogen-bond donors (Lipinski definition) is 1. The smallest absolute Gasteiger partial charge is 0.264 e. The molecule has 0 aliphatic rings. The van der Waals surface area contributed by atoms with Crippen molar-refractivity contribution in [1.29, 1.82) is 0 Å². The van der Waals surface area contributed by atoms with Crippen molar-refractivity contribution in [2.45, 2.75) is 16.3 Å². The Labute approximate surface area is 162 Å². The second kappa shape index (κ2) is 7.56. The summed E-state index contributed by atoms with van der Waals surface area (Å²) < 4.78 is 51.3. The van der Waals surface area contributed by atoms with Crippen LogP contribution in [-0.4, -0.2) is 38.8 Å². The first kappa shape index (κ1) is 19.8. The van der Waals surface area contributed by atoms with E-state index in [4.69, 9.17) is 0 Å². The van der Waals surface area contributed by atoms with E-state index in [-0.39, 0.29) is 15.4 Å². The van der Waals surface area contributed by atoms with E-state index in [0.717, 1.165) is 24.0 Å². The molecule has 1 amide bonds. The highest BCUT2D eigenvalue weighted by Crippen LogP contribution is 2.15. The van der Waals surface area contributed by atoms with Crippen LogP contribution in [0.3, 0.4) is 0 Å². The Morgan fingerprint density at radius 1 is 0.964 bits per heavy atom. The van der Waals surface area contributed by atoms with Gasteiger partial charge in [-0.1, -0.05) is 12.1 Å². The molecule has 146 valence electrons. The number of sulfonamides is 1. The number of sulfone groups is 1. The van der Waals surface area contributed by atoms with E-state index in [1.165, 1.54) is 24.3 Å². The van der Waals surface area contributed by atoms with Crippen molar-refractivity contribution >= 4 is 25.8 Å². The third-order valence-corrected chi connectivity index (χ3v) is 6.38. The molecule has 10 heteroatoms. The molecule has 0 radical (unpaired) electrons. The zero-order valence-corrected chi connectivity index (χ0v) is 16.4. The highest BCUT2D eigenvalue weighted by atomic mass is 32.2. The molecule has 0 fully saturated rings. The van der Waals surface area contributed by atoms with Crippen LogP contribution in [0.2, 0.25) is 0 Å². The van der Waals surface area contributed by atoms with Crippen LogP contribution in [0.5, 0.6) is 0 Å². The molecular formula is C18H17N3O5S2. The number of carbonyl (C=O) groups excluding carboxylic acids is 1. The van der Waals surface area contributed by atoms with Gasteiger partial charge in [0.25, 0.3) is 15.9 Å². The van der Waals surface area contributed by atoms with Crippen LogP contribution >= 0.6 is 0 Å². The van der Waals surface area contributed by atoms with Crippen molar-refractivity contribution < 1.29 is 21.6 Å². The molecule has 0 atom stereocenters. The molecule has 2 aromatic carbocycles. The molecule has 3 aromatic rings. The van der Waals surface area contributed by atoms with E-state index < -0.39 is 25.8 Å². The summed E-state index contributed by atoms with van der Waals surface area (Å²) in [5, 5.41) is 4.09. The lowest BCUT2D eigenvalue weighted by atomic mass is 10.1. The lowest BCUT2D eigenvalue weighted by Crippen LogP contribution is -2.30. The van der Waals surface area contributed by atoms with Crippen LogP contribution < -0.4 is 4.72 Å². The lowest BCUT2D eigenvalue weighted by Gasteiger charge is -2.08. The number of hydrogen-bond acceptors (Lipinski definition) is 6. The molecule has 1 N–H and O–H groups in total. The van der Waals surface area contributed by atoms with Gasteiger partial charge in [-0.25, -0.2) is 21.6 Å². The minimum absolute atomic E-state index is 0.00875. The van der Waals surface area contributed by atoms with E-state index in [9.17, 15) is 21.6 Å². The first-order valence-corrected chi connectivity index (χ1v) is 11.5. The average molecular weight is 419 g/mol. The van der Waals surface area contributed by atoms with Gasteiger partial charge in [0.1, 0.15) is 0 Å². The maximum absolute atomic E-state index is 12.4. The fraction of sp³-hybridized carbons (Fsp3) is 0.111. The molecule has 0 spiro atoms. The first-order chi connectivity index (χ1) is 13.1. The third kappa shape index (κ3) is 4.65. The minimum atomic E-state index is -4.13. The molecule has 3 rings (SSSR count). The van der Waals surface area contributed by atoms with Crippen molar-refractivity contribution in [1.82, 2.24) is 14.5 Å². The quantitative estimate of drug-likeness (QED) is 0.647. The molecule has 1 aromatic heterocycles. The fourth-order valence-electron chi connectivity index (χ4n) is 2.45. The second-order valence-corrected chi connectivity index (χ2v) is 9.78. The maximum atomic E-state index is 12.4. The van der Waals surface area contributed by atoms with Crippen LogP contribution in [0.25, 0.3) is 0 Å². The summed E-state index contributed by atoms with van der Waals surface area (Å²) in [6.45, 7) is 0.528. The van der Waals surface area contributed by atoms with Crippen LogP contribution in [0.4, 0.5) is 0 Å². The minimum Gasteiger partial charge on any atom is -0.268 e. The Balaban J connectivity index is 1.72. The fourth-order valence-corrected chi connectivity index (χ4v) is 4.05. The van der Waals surface area contributed by atoms with E-state index in [0.29, 0.717) is 6.54 Å². The van der Waals surface area contributed by atoms with Crippen molar-refractivity contribution in [2.75, 3.05) is 6.26 Å². The van der Waals surface area contributed by atoms with Gasteiger partial charge in [0.2, 0.25) is 0 Å². The molecular weight excluding hydrogens is 402 g/mol. The van der Waals surface area contributed by atoms with E-state index in [2.05, 4.69) is 5.10 Å². The number of nitrogens with one attached hydrogen (secondary N) is 1. The van der Waals surface area contributed by atoms with Gasteiger partial charge in [-0.3, -0.25) is 9.48 Å². The van der Waals surface area contributed by atoms with Crippen LogP contribution in [0.15, 0.2) is 76.8 Å². The number of carbonyl (C=O) groups is 1. The second-order valence-electron chi connectivity index (χ2n) is 6.08. The highest BCUT2D eigenvalue weighted by Gasteiger charge is 2.19. The molecule has 0 aliphatic carbocycles. The highest BCUT2D eigenvalue weighted by molar-refractivity contribution is 7.91.